The number of ether oxygens (including phenoxy) is 1. The molecule has 3 rings (SSSR count). The van der Waals surface area contributed by atoms with Gasteiger partial charge < -0.3 is 14.9 Å². The average Bonchev–Trinajstić information content (AvgIpc) is 2.72. The van der Waals surface area contributed by atoms with Gasteiger partial charge in [0.1, 0.15) is 18.2 Å². The number of carbonyl (C=O) groups excluding carboxylic acids is 1. The summed E-state index contributed by atoms with van der Waals surface area (Å²) in [5.74, 6) is 0.0853. The number of hydrogen-bond donors (Lipinski definition) is 1. The van der Waals surface area contributed by atoms with E-state index in [1.807, 2.05) is 31.2 Å². The summed E-state index contributed by atoms with van der Waals surface area (Å²) >= 11 is 0. The number of nitrogens with one attached hydrogen (secondary N) is 1. The molecule has 148 valence electrons. The van der Waals surface area contributed by atoms with Crippen LogP contribution in [0.15, 0.2) is 78.0 Å². The van der Waals surface area contributed by atoms with Crippen LogP contribution >= 0.6 is 0 Å². The van der Waals surface area contributed by atoms with E-state index in [0.29, 0.717) is 11.4 Å². The Morgan fingerprint density at radius 1 is 1.07 bits per heavy atom. The number of hydrogen-bond acceptors (Lipinski definition) is 4. The maximum atomic E-state index is 13.2. The number of rotatable bonds is 8. The first-order chi connectivity index (χ1) is 14.1. The predicted octanol–water partition coefficient (Wildman–Crippen LogP) is 4.70. The third-order valence-electron chi connectivity index (χ3n) is 3.98. The molecular weight excluding hydrogens is 371 g/mol. The summed E-state index contributed by atoms with van der Waals surface area (Å²) in [6, 6.07) is 20.9. The summed E-state index contributed by atoms with van der Waals surface area (Å²) < 4.78 is 18.8. The largest absolute Gasteiger partial charge is 0.489 e. The number of halogens is 1. The zero-order chi connectivity index (χ0) is 20.5. The molecular formula is C23H21FN2O3. The number of carbonyl (C=O) groups is 1. The Kier molecular flexibility index (Phi) is 6.95. The van der Waals surface area contributed by atoms with Gasteiger partial charge in [0.25, 0.3) is 5.91 Å². The monoisotopic (exact) mass is 392 g/mol. The molecule has 1 N–H and O–H groups in total. The van der Waals surface area contributed by atoms with E-state index < -0.39 is 0 Å². The second-order valence-corrected chi connectivity index (χ2v) is 6.41. The minimum atomic E-state index is -0.287. The zero-order valence-electron chi connectivity index (χ0n) is 16.0. The molecule has 3 aromatic rings. The standard InChI is InChI=1S/C23H21FN2O3/c1-17-5-9-21(10-6-17)26-23(27)16-29-25-14-18-7-11-22(12-8-18)28-15-19-3-2-4-20(24)13-19/h2-14H,15-16H2,1H3,(H,26,27)/b25-14+. The first-order valence-electron chi connectivity index (χ1n) is 9.08. The molecule has 3 aromatic carbocycles. The maximum Gasteiger partial charge on any atom is 0.265 e. The molecule has 0 aliphatic heterocycles. The predicted molar refractivity (Wildman–Crippen MR) is 111 cm³/mol. The van der Waals surface area contributed by atoms with Crippen molar-refractivity contribution in [3.8, 4) is 5.75 Å². The third kappa shape index (κ3) is 6.77. The number of anilines is 1. The molecule has 0 unspecified atom stereocenters. The van der Waals surface area contributed by atoms with E-state index in [0.717, 1.165) is 16.7 Å². The van der Waals surface area contributed by atoms with Crippen LogP contribution in [-0.2, 0) is 16.2 Å². The van der Waals surface area contributed by atoms with Crippen LogP contribution in [0.1, 0.15) is 16.7 Å². The Morgan fingerprint density at radius 3 is 2.55 bits per heavy atom. The molecule has 0 bridgehead atoms. The maximum absolute atomic E-state index is 13.2. The minimum absolute atomic E-state index is 0.181. The Hall–Kier alpha value is -3.67. The summed E-state index contributed by atoms with van der Waals surface area (Å²) in [6.45, 7) is 2.08. The van der Waals surface area contributed by atoms with Gasteiger partial charge in [-0.15, -0.1) is 0 Å². The van der Waals surface area contributed by atoms with Crippen molar-refractivity contribution in [3.05, 3.63) is 95.3 Å². The molecule has 0 heterocycles. The number of aryl methyl sites for hydroxylation is 1. The summed E-state index contributed by atoms with van der Waals surface area (Å²) in [6.07, 6.45) is 1.51. The molecule has 6 heteroatoms. The van der Waals surface area contributed by atoms with Gasteiger partial charge in [-0.05, 0) is 66.6 Å². The second-order valence-electron chi connectivity index (χ2n) is 6.41. The SMILES string of the molecule is Cc1ccc(NC(=O)CO/N=C/c2ccc(OCc3cccc(F)c3)cc2)cc1. The highest BCUT2D eigenvalue weighted by Gasteiger charge is 2.02. The molecule has 0 aromatic heterocycles. The Morgan fingerprint density at radius 2 is 1.83 bits per heavy atom. The second kappa shape index (κ2) is 10.0. The van der Waals surface area contributed by atoms with E-state index in [1.165, 1.54) is 18.3 Å². The average molecular weight is 392 g/mol. The molecule has 5 nitrogen and oxygen atoms in total. The van der Waals surface area contributed by atoms with E-state index in [2.05, 4.69) is 10.5 Å². The Bertz CT molecular complexity index is 970. The van der Waals surface area contributed by atoms with Gasteiger partial charge in [0.2, 0.25) is 0 Å². The number of nitrogens with zero attached hydrogens (tertiary/aromatic N) is 1. The number of amides is 1. The molecule has 0 aliphatic rings. The van der Waals surface area contributed by atoms with E-state index in [1.54, 1.807) is 36.4 Å². The van der Waals surface area contributed by atoms with Crippen LogP contribution in [0.5, 0.6) is 5.75 Å². The number of oxime groups is 1. The Balaban J connectivity index is 1.41. The van der Waals surface area contributed by atoms with Crippen molar-refractivity contribution in [2.24, 2.45) is 5.16 Å². The van der Waals surface area contributed by atoms with Crippen molar-refractivity contribution in [3.63, 3.8) is 0 Å². The van der Waals surface area contributed by atoms with E-state index in [9.17, 15) is 9.18 Å². The van der Waals surface area contributed by atoms with E-state index in [-0.39, 0.29) is 24.9 Å². The molecule has 0 fully saturated rings. The lowest BCUT2D eigenvalue weighted by Gasteiger charge is -2.06. The fraction of sp³-hybridized carbons (Fsp3) is 0.130. The van der Waals surface area contributed by atoms with Crippen molar-refractivity contribution in [1.82, 2.24) is 0 Å². The van der Waals surface area contributed by atoms with Crippen LogP contribution < -0.4 is 10.1 Å². The summed E-state index contributed by atoms with van der Waals surface area (Å²) in [5, 5.41) is 6.53. The fourth-order valence-corrected chi connectivity index (χ4v) is 2.47. The zero-order valence-corrected chi connectivity index (χ0v) is 16.0. The number of benzene rings is 3. The molecule has 0 saturated carbocycles. The molecule has 0 radical (unpaired) electrons. The lowest BCUT2D eigenvalue weighted by Crippen LogP contribution is -2.16. The van der Waals surface area contributed by atoms with Crippen LogP contribution in [0.2, 0.25) is 0 Å². The van der Waals surface area contributed by atoms with Gasteiger partial charge >= 0.3 is 0 Å². The molecule has 1 amide bonds. The van der Waals surface area contributed by atoms with Crippen molar-refractivity contribution < 1.29 is 18.8 Å². The van der Waals surface area contributed by atoms with Gasteiger partial charge in [0.05, 0.1) is 6.21 Å². The molecule has 0 atom stereocenters. The van der Waals surface area contributed by atoms with Crippen molar-refractivity contribution in [1.29, 1.82) is 0 Å². The Labute approximate surface area is 168 Å². The van der Waals surface area contributed by atoms with Crippen molar-refractivity contribution >= 4 is 17.8 Å². The van der Waals surface area contributed by atoms with Gasteiger partial charge in [-0.2, -0.15) is 0 Å². The highest BCUT2D eigenvalue weighted by molar-refractivity contribution is 5.91. The van der Waals surface area contributed by atoms with Gasteiger partial charge in [-0.1, -0.05) is 35.0 Å². The van der Waals surface area contributed by atoms with Gasteiger partial charge in [0, 0.05) is 5.69 Å². The van der Waals surface area contributed by atoms with Gasteiger partial charge in [-0.25, -0.2) is 4.39 Å². The van der Waals surface area contributed by atoms with Crippen LogP contribution in [0.4, 0.5) is 10.1 Å². The molecule has 0 spiro atoms. The summed E-state index contributed by atoms with van der Waals surface area (Å²) in [4.78, 5) is 16.8. The minimum Gasteiger partial charge on any atom is -0.489 e. The molecule has 0 aliphatic carbocycles. The highest BCUT2D eigenvalue weighted by Crippen LogP contribution is 2.14. The van der Waals surface area contributed by atoms with Crippen LogP contribution in [0.25, 0.3) is 0 Å². The fourth-order valence-electron chi connectivity index (χ4n) is 2.47. The highest BCUT2D eigenvalue weighted by atomic mass is 19.1. The van der Waals surface area contributed by atoms with Crippen LogP contribution in [0.3, 0.4) is 0 Å². The third-order valence-corrected chi connectivity index (χ3v) is 3.98. The summed E-state index contributed by atoms with van der Waals surface area (Å²) in [7, 11) is 0. The van der Waals surface area contributed by atoms with Crippen LogP contribution in [0, 0.1) is 12.7 Å². The van der Waals surface area contributed by atoms with E-state index in [4.69, 9.17) is 9.57 Å². The molecule has 29 heavy (non-hydrogen) atoms. The van der Waals surface area contributed by atoms with Gasteiger partial charge in [0.15, 0.2) is 6.61 Å². The first-order valence-corrected chi connectivity index (χ1v) is 9.08. The summed E-state index contributed by atoms with van der Waals surface area (Å²) in [5.41, 5.74) is 3.38. The smallest absolute Gasteiger partial charge is 0.265 e. The quantitative estimate of drug-likeness (QED) is 0.446. The topological polar surface area (TPSA) is 59.9 Å². The van der Waals surface area contributed by atoms with Gasteiger partial charge in [-0.3, -0.25) is 4.79 Å². The van der Waals surface area contributed by atoms with Crippen LogP contribution in [-0.4, -0.2) is 18.7 Å². The normalized spacial score (nSPS) is 10.7. The first kappa shape index (κ1) is 20.1. The van der Waals surface area contributed by atoms with Crippen molar-refractivity contribution in [2.75, 3.05) is 11.9 Å². The van der Waals surface area contributed by atoms with E-state index >= 15 is 0 Å². The molecule has 0 saturated heterocycles. The lowest BCUT2D eigenvalue weighted by molar-refractivity contribution is -0.120. The lowest BCUT2D eigenvalue weighted by atomic mass is 10.2. The van der Waals surface area contributed by atoms with Crippen molar-refractivity contribution in [2.45, 2.75) is 13.5 Å².